The first-order chi connectivity index (χ1) is 14.4. The zero-order chi connectivity index (χ0) is 22.9. The average Bonchev–Trinajstić information content (AvgIpc) is 2.99. The van der Waals surface area contributed by atoms with Crippen molar-refractivity contribution in [1.82, 2.24) is 0 Å². The van der Waals surface area contributed by atoms with Crippen molar-refractivity contribution in [2.24, 2.45) is 0 Å². The summed E-state index contributed by atoms with van der Waals surface area (Å²) >= 11 is 0. The van der Waals surface area contributed by atoms with E-state index in [1.54, 1.807) is 38.1 Å². The van der Waals surface area contributed by atoms with Gasteiger partial charge in [0.1, 0.15) is 12.2 Å². The van der Waals surface area contributed by atoms with E-state index < -0.39 is 38.2 Å². The van der Waals surface area contributed by atoms with Gasteiger partial charge in [0.2, 0.25) is 0 Å². The van der Waals surface area contributed by atoms with Crippen LogP contribution >= 0.6 is 0 Å². The van der Waals surface area contributed by atoms with Crippen LogP contribution in [0.25, 0.3) is 0 Å². The molecular weight excluding hydrogens is 444 g/mol. The quantitative estimate of drug-likeness (QED) is 0.542. The highest BCUT2D eigenvalue weighted by molar-refractivity contribution is 7.87. The van der Waals surface area contributed by atoms with Gasteiger partial charge in [-0.2, -0.15) is 16.8 Å². The van der Waals surface area contributed by atoms with Gasteiger partial charge in [0.25, 0.3) is 20.2 Å². The van der Waals surface area contributed by atoms with Crippen molar-refractivity contribution in [3.05, 3.63) is 59.7 Å². The molecule has 8 nitrogen and oxygen atoms in total. The molecule has 2 unspecified atom stereocenters. The van der Waals surface area contributed by atoms with Crippen LogP contribution in [0.15, 0.2) is 58.3 Å². The summed E-state index contributed by atoms with van der Waals surface area (Å²) in [6, 6.07) is 12.5. The van der Waals surface area contributed by atoms with Gasteiger partial charge < -0.3 is 9.47 Å². The van der Waals surface area contributed by atoms with E-state index in [0.29, 0.717) is 0 Å². The van der Waals surface area contributed by atoms with E-state index in [1.165, 1.54) is 24.3 Å². The van der Waals surface area contributed by atoms with Crippen molar-refractivity contribution < 1.29 is 34.7 Å². The molecule has 2 atom stereocenters. The Morgan fingerprint density at radius 2 is 1.03 bits per heavy atom. The molecule has 1 heterocycles. The second-order valence-corrected chi connectivity index (χ2v) is 11.0. The molecule has 0 spiro atoms. The maximum atomic E-state index is 12.5. The topological polar surface area (TPSA) is 105 Å². The number of rotatable bonds is 8. The summed E-state index contributed by atoms with van der Waals surface area (Å²) in [5.41, 5.74) is 1.83. The first-order valence-corrected chi connectivity index (χ1v) is 12.5. The molecule has 0 saturated carbocycles. The zero-order valence-electron chi connectivity index (χ0n) is 17.8. The number of benzene rings is 2. The molecule has 2 aromatic rings. The summed E-state index contributed by atoms with van der Waals surface area (Å²) in [6.07, 6.45) is -1.69. The Morgan fingerprint density at radius 3 is 1.35 bits per heavy atom. The standard InChI is InChI=1S/C21H26O8S2/c1-15-5-9-17(10-6-15)30(22,23)26-13-19-20(29-21(3,4)28-19)14-27-31(24,25)18-11-7-16(2)8-12-18/h5-12,19-20H,13-14H2,1-4H3. The van der Waals surface area contributed by atoms with E-state index in [9.17, 15) is 16.8 Å². The Hall–Kier alpha value is -1.82. The van der Waals surface area contributed by atoms with E-state index in [-0.39, 0.29) is 23.0 Å². The molecule has 0 radical (unpaired) electrons. The molecule has 0 aliphatic carbocycles. The highest BCUT2D eigenvalue weighted by Crippen LogP contribution is 2.30. The van der Waals surface area contributed by atoms with Gasteiger partial charge in [-0.15, -0.1) is 0 Å². The van der Waals surface area contributed by atoms with Crippen molar-refractivity contribution in [1.29, 1.82) is 0 Å². The van der Waals surface area contributed by atoms with Crippen molar-refractivity contribution in [2.75, 3.05) is 13.2 Å². The van der Waals surface area contributed by atoms with Crippen LogP contribution in [0.5, 0.6) is 0 Å². The average molecular weight is 471 g/mol. The van der Waals surface area contributed by atoms with Crippen molar-refractivity contribution in [3.63, 3.8) is 0 Å². The molecule has 0 N–H and O–H groups in total. The van der Waals surface area contributed by atoms with Gasteiger partial charge in [-0.3, -0.25) is 8.37 Å². The molecule has 0 aromatic heterocycles. The third kappa shape index (κ3) is 6.12. The number of hydrogen-bond donors (Lipinski definition) is 0. The summed E-state index contributed by atoms with van der Waals surface area (Å²) in [5, 5.41) is 0. The highest BCUT2D eigenvalue weighted by atomic mass is 32.2. The molecule has 1 aliphatic heterocycles. The van der Waals surface area contributed by atoms with Gasteiger partial charge in [-0.05, 0) is 52.0 Å². The van der Waals surface area contributed by atoms with Crippen LogP contribution in [0.3, 0.4) is 0 Å². The van der Waals surface area contributed by atoms with Crippen molar-refractivity contribution in [3.8, 4) is 0 Å². The SMILES string of the molecule is Cc1ccc(S(=O)(=O)OCC2OC(C)(C)OC2COS(=O)(=O)c2ccc(C)cc2)cc1. The molecule has 1 saturated heterocycles. The fraction of sp³-hybridized carbons (Fsp3) is 0.429. The fourth-order valence-corrected chi connectivity index (χ4v) is 4.89. The molecule has 1 aliphatic rings. The summed E-state index contributed by atoms with van der Waals surface area (Å²) in [5.74, 6) is -1.05. The minimum absolute atomic E-state index is 0.0195. The maximum absolute atomic E-state index is 12.5. The van der Waals surface area contributed by atoms with Crippen LogP contribution in [0.2, 0.25) is 0 Å². The zero-order valence-corrected chi connectivity index (χ0v) is 19.4. The normalized spacial score (nSPS) is 21.3. The Labute approximate surface area is 183 Å². The Kier molecular flexibility index (Phi) is 6.90. The van der Waals surface area contributed by atoms with E-state index in [4.69, 9.17) is 17.8 Å². The minimum Gasteiger partial charge on any atom is -0.342 e. The van der Waals surface area contributed by atoms with E-state index in [1.807, 2.05) is 13.8 Å². The molecule has 0 bridgehead atoms. The van der Waals surface area contributed by atoms with Gasteiger partial charge in [-0.1, -0.05) is 35.4 Å². The number of hydrogen-bond acceptors (Lipinski definition) is 8. The number of aryl methyl sites for hydroxylation is 2. The van der Waals surface area contributed by atoms with Gasteiger partial charge in [0.15, 0.2) is 5.79 Å². The van der Waals surface area contributed by atoms with Gasteiger partial charge >= 0.3 is 0 Å². The van der Waals surface area contributed by atoms with Gasteiger partial charge in [-0.25, -0.2) is 0 Å². The fourth-order valence-electron chi connectivity index (χ4n) is 3.05. The van der Waals surface area contributed by atoms with Gasteiger partial charge in [0.05, 0.1) is 23.0 Å². The smallest absolute Gasteiger partial charge is 0.297 e. The molecule has 1 fully saturated rings. The summed E-state index contributed by atoms with van der Waals surface area (Å²) in [6.45, 7) is 6.28. The lowest BCUT2D eigenvalue weighted by molar-refractivity contribution is -0.150. The lowest BCUT2D eigenvalue weighted by Gasteiger charge is -2.17. The molecule has 3 rings (SSSR count). The molecule has 31 heavy (non-hydrogen) atoms. The Balaban J connectivity index is 1.67. The largest absolute Gasteiger partial charge is 0.342 e. The summed E-state index contributed by atoms with van der Waals surface area (Å²) in [7, 11) is -8.02. The molecule has 170 valence electrons. The molecule has 0 amide bonds. The summed E-state index contributed by atoms with van der Waals surface area (Å²) < 4.78 is 71.5. The number of ether oxygens (including phenoxy) is 2. The minimum atomic E-state index is -4.01. The van der Waals surface area contributed by atoms with E-state index in [2.05, 4.69) is 0 Å². The highest BCUT2D eigenvalue weighted by Gasteiger charge is 2.43. The van der Waals surface area contributed by atoms with Gasteiger partial charge in [0, 0.05) is 0 Å². The monoisotopic (exact) mass is 470 g/mol. The third-order valence-corrected chi connectivity index (χ3v) is 7.27. The Bertz CT molecular complexity index is 1020. The molecule has 10 heteroatoms. The lowest BCUT2D eigenvalue weighted by Crippen LogP contribution is -2.33. The molecule has 2 aromatic carbocycles. The van der Waals surface area contributed by atoms with E-state index in [0.717, 1.165) is 11.1 Å². The van der Waals surface area contributed by atoms with Crippen molar-refractivity contribution in [2.45, 2.75) is 55.5 Å². The molecular formula is C21H26O8S2. The van der Waals surface area contributed by atoms with Crippen LogP contribution in [0.4, 0.5) is 0 Å². The van der Waals surface area contributed by atoms with Crippen LogP contribution < -0.4 is 0 Å². The second kappa shape index (κ2) is 8.97. The second-order valence-electron chi connectivity index (χ2n) is 7.82. The summed E-state index contributed by atoms with van der Waals surface area (Å²) in [4.78, 5) is 0.0389. The third-order valence-electron chi connectivity index (χ3n) is 4.68. The van der Waals surface area contributed by atoms with E-state index >= 15 is 0 Å². The lowest BCUT2D eigenvalue weighted by atomic mass is 10.2. The first-order valence-electron chi connectivity index (χ1n) is 9.66. The predicted octanol–water partition coefficient (Wildman–Crippen LogP) is 2.93. The van der Waals surface area contributed by atoms with Crippen LogP contribution in [-0.4, -0.2) is 48.0 Å². The van der Waals surface area contributed by atoms with Crippen LogP contribution in [-0.2, 0) is 38.1 Å². The van der Waals surface area contributed by atoms with Crippen LogP contribution in [0, 0.1) is 13.8 Å². The maximum Gasteiger partial charge on any atom is 0.297 e. The predicted molar refractivity (Wildman–Crippen MR) is 112 cm³/mol. The van der Waals surface area contributed by atoms with Crippen molar-refractivity contribution >= 4 is 20.2 Å². The Morgan fingerprint density at radius 1 is 0.710 bits per heavy atom. The first kappa shape index (κ1) is 23.8. The van der Waals surface area contributed by atoms with Crippen LogP contribution in [0.1, 0.15) is 25.0 Å².